The molecular weight excluding hydrogens is 382 g/mol. The van der Waals surface area contributed by atoms with Gasteiger partial charge in [-0.05, 0) is 36.4 Å². The molecule has 0 aliphatic carbocycles. The molecule has 1 saturated heterocycles. The second-order valence-corrected chi connectivity index (χ2v) is 8.27. The van der Waals surface area contributed by atoms with E-state index in [4.69, 9.17) is 4.74 Å². The number of aromatic nitrogens is 1. The molecule has 1 amide bonds. The Morgan fingerprint density at radius 1 is 1.27 bits per heavy atom. The number of ether oxygens (including phenoxy) is 1. The molecule has 4 atom stereocenters. The third-order valence-electron chi connectivity index (χ3n) is 6.64. The summed E-state index contributed by atoms with van der Waals surface area (Å²) in [5, 5.41) is 10.2. The number of fused-ring (bicyclic) bond motifs is 4. The largest absolute Gasteiger partial charge is 0.497 e. The molecule has 2 aliphatic heterocycles. The summed E-state index contributed by atoms with van der Waals surface area (Å²) in [6, 6.07) is 11.0. The zero-order valence-corrected chi connectivity index (χ0v) is 17.9. The van der Waals surface area contributed by atoms with Crippen molar-refractivity contribution in [3.63, 3.8) is 0 Å². The smallest absolute Gasteiger partial charge is 0.258 e. The van der Waals surface area contributed by atoms with Crippen LogP contribution in [-0.4, -0.2) is 65.8 Å². The first kappa shape index (κ1) is 20.6. The highest BCUT2D eigenvalue weighted by molar-refractivity contribution is 5.80. The zero-order chi connectivity index (χ0) is 21.6. The number of nitrogens with zero attached hydrogens (tertiary/aromatic N) is 3. The summed E-state index contributed by atoms with van der Waals surface area (Å²) in [6.45, 7) is 3.22. The minimum absolute atomic E-state index is 0.00206. The van der Waals surface area contributed by atoms with Gasteiger partial charge in [0.1, 0.15) is 5.75 Å². The SMILES string of the molecule is CCN1[C@@H]2Cn3c(ccc(-c4cccc(OC)c4)c3=O)[C@H]1[C@@H](C(=O)N(C)C)[C@@H]2CO. The molecular formula is C23H29N3O4. The Labute approximate surface area is 176 Å². The van der Waals surface area contributed by atoms with Gasteiger partial charge >= 0.3 is 0 Å². The zero-order valence-electron chi connectivity index (χ0n) is 17.9. The molecule has 7 nitrogen and oxygen atoms in total. The van der Waals surface area contributed by atoms with Crippen molar-refractivity contribution in [2.75, 3.05) is 34.4 Å². The number of rotatable bonds is 5. The predicted octanol–water partition coefficient (Wildman–Crippen LogP) is 1.60. The van der Waals surface area contributed by atoms with Crippen molar-refractivity contribution in [3.8, 4) is 16.9 Å². The first-order valence-corrected chi connectivity index (χ1v) is 10.4. The summed E-state index contributed by atoms with van der Waals surface area (Å²) >= 11 is 0. The van der Waals surface area contributed by atoms with E-state index in [1.165, 1.54) is 0 Å². The number of carbonyl (C=O) groups is 1. The summed E-state index contributed by atoms with van der Waals surface area (Å²) in [7, 11) is 5.09. The van der Waals surface area contributed by atoms with Crippen LogP contribution in [-0.2, 0) is 11.3 Å². The lowest BCUT2D eigenvalue weighted by molar-refractivity contribution is -0.135. The van der Waals surface area contributed by atoms with E-state index in [-0.39, 0.29) is 42.0 Å². The fourth-order valence-electron chi connectivity index (χ4n) is 5.25. The van der Waals surface area contributed by atoms with Gasteiger partial charge in [0, 0.05) is 50.5 Å². The van der Waals surface area contributed by atoms with Crippen molar-refractivity contribution in [1.82, 2.24) is 14.4 Å². The van der Waals surface area contributed by atoms with Crippen LogP contribution in [0.3, 0.4) is 0 Å². The fourth-order valence-corrected chi connectivity index (χ4v) is 5.25. The number of methoxy groups -OCH3 is 1. The van der Waals surface area contributed by atoms with Gasteiger partial charge < -0.3 is 19.3 Å². The molecule has 1 aromatic heterocycles. The van der Waals surface area contributed by atoms with Crippen molar-refractivity contribution >= 4 is 5.91 Å². The molecule has 160 valence electrons. The standard InChI is InChI=1S/C23H29N3O4/c1-5-25-19-12-26-18(21(25)20(17(19)13-27)23(29)24(2)3)10-9-16(22(26)28)14-7-6-8-15(11-14)30-4/h6-11,17,19-21,27H,5,12-13H2,1-4H3/t17-,19-,20+,21+/m1/s1. The Morgan fingerprint density at radius 2 is 2.03 bits per heavy atom. The van der Waals surface area contributed by atoms with Crippen LogP contribution in [0.5, 0.6) is 5.75 Å². The molecule has 4 rings (SSSR count). The maximum absolute atomic E-state index is 13.5. The summed E-state index contributed by atoms with van der Waals surface area (Å²) < 4.78 is 7.12. The number of hydrogen-bond donors (Lipinski definition) is 1. The number of hydrogen-bond acceptors (Lipinski definition) is 5. The number of carbonyl (C=O) groups excluding carboxylic acids is 1. The summed E-state index contributed by atoms with van der Waals surface area (Å²) in [4.78, 5) is 30.4. The van der Waals surface area contributed by atoms with Crippen LogP contribution in [0, 0.1) is 11.8 Å². The third-order valence-corrected chi connectivity index (χ3v) is 6.64. The van der Waals surface area contributed by atoms with Gasteiger partial charge in [0.15, 0.2) is 0 Å². The molecule has 1 fully saturated rings. The lowest BCUT2D eigenvalue weighted by atomic mass is 9.86. The average Bonchev–Trinajstić information content (AvgIpc) is 2.98. The van der Waals surface area contributed by atoms with Gasteiger partial charge in [-0.2, -0.15) is 0 Å². The highest BCUT2D eigenvalue weighted by Crippen LogP contribution is 2.48. The second kappa shape index (κ2) is 7.89. The summed E-state index contributed by atoms with van der Waals surface area (Å²) in [6.07, 6.45) is 0. The van der Waals surface area contributed by atoms with E-state index < -0.39 is 0 Å². The maximum atomic E-state index is 13.5. The van der Waals surface area contributed by atoms with Crippen molar-refractivity contribution in [1.29, 1.82) is 0 Å². The van der Waals surface area contributed by atoms with Gasteiger partial charge in [-0.1, -0.05) is 19.1 Å². The number of pyridine rings is 1. The van der Waals surface area contributed by atoms with E-state index in [1.54, 1.807) is 26.1 Å². The van der Waals surface area contributed by atoms with Crippen molar-refractivity contribution < 1.29 is 14.6 Å². The van der Waals surface area contributed by atoms with E-state index in [9.17, 15) is 14.7 Å². The molecule has 2 aromatic rings. The van der Waals surface area contributed by atoms with Crippen LogP contribution in [0.2, 0.25) is 0 Å². The van der Waals surface area contributed by atoms with E-state index in [0.29, 0.717) is 17.9 Å². The Balaban J connectivity index is 1.85. The quantitative estimate of drug-likeness (QED) is 0.809. The van der Waals surface area contributed by atoms with Gasteiger partial charge in [-0.3, -0.25) is 14.5 Å². The normalized spacial score (nSPS) is 25.1. The number of amides is 1. The third kappa shape index (κ3) is 3.04. The first-order valence-electron chi connectivity index (χ1n) is 10.4. The highest BCUT2D eigenvalue weighted by atomic mass is 16.5. The van der Waals surface area contributed by atoms with Gasteiger partial charge in [0.2, 0.25) is 5.91 Å². The molecule has 7 heteroatoms. The summed E-state index contributed by atoms with van der Waals surface area (Å²) in [5.74, 6) is 0.122. The molecule has 30 heavy (non-hydrogen) atoms. The Morgan fingerprint density at radius 3 is 2.67 bits per heavy atom. The van der Waals surface area contributed by atoms with E-state index in [1.807, 2.05) is 41.0 Å². The number of aliphatic hydroxyl groups is 1. The molecule has 2 aliphatic rings. The minimum atomic E-state index is -0.370. The topological polar surface area (TPSA) is 75.0 Å². The molecule has 0 spiro atoms. The van der Waals surface area contributed by atoms with Crippen LogP contribution in [0.15, 0.2) is 41.2 Å². The number of aliphatic hydroxyl groups excluding tert-OH is 1. The Bertz CT molecular complexity index is 1020. The van der Waals surface area contributed by atoms with E-state index >= 15 is 0 Å². The van der Waals surface area contributed by atoms with Crippen molar-refractivity contribution in [2.24, 2.45) is 11.8 Å². The minimum Gasteiger partial charge on any atom is -0.497 e. The van der Waals surface area contributed by atoms with Gasteiger partial charge in [-0.15, -0.1) is 0 Å². The molecule has 0 unspecified atom stereocenters. The van der Waals surface area contributed by atoms with Crippen LogP contribution in [0.25, 0.3) is 11.1 Å². The second-order valence-electron chi connectivity index (χ2n) is 8.27. The Hall–Kier alpha value is -2.64. The molecule has 0 radical (unpaired) electrons. The van der Waals surface area contributed by atoms with Crippen LogP contribution in [0.4, 0.5) is 0 Å². The predicted molar refractivity (Wildman–Crippen MR) is 114 cm³/mol. The molecule has 1 aromatic carbocycles. The lowest BCUT2D eigenvalue weighted by Crippen LogP contribution is -2.46. The van der Waals surface area contributed by atoms with Crippen molar-refractivity contribution in [2.45, 2.75) is 25.6 Å². The van der Waals surface area contributed by atoms with Gasteiger partial charge in [0.25, 0.3) is 5.56 Å². The van der Waals surface area contributed by atoms with Crippen molar-refractivity contribution in [3.05, 3.63) is 52.4 Å². The monoisotopic (exact) mass is 411 g/mol. The molecule has 3 heterocycles. The Kier molecular flexibility index (Phi) is 5.42. The van der Waals surface area contributed by atoms with E-state index in [2.05, 4.69) is 11.8 Å². The van der Waals surface area contributed by atoms with E-state index in [0.717, 1.165) is 17.8 Å². The first-order chi connectivity index (χ1) is 14.4. The molecule has 2 bridgehead atoms. The highest BCUT2D eigenvalue weighted by Gasteiger charge is 2.55. The maximum Gasteiger partial charge on any atom is 0.258 e. The molecule has 0 saturated carbocycles. The van der Waals surface area contributed by atoms with Gasteiger partial charge in [-0.25, -0.2) is 0 Å². The number of benzene rings is 1. The fraction of sp³-hybridized carbons (Fsp3) is 0.478. The van der Waals surface area contributed by atoms with Crippen LogP contribution >= 0.6 is 0 Å². The lowest BCUT2D eigenvalue weighted by Gasteiger charge is -2.37. The van der Waals surface area contributed by atoms with Crippen LogP contribution in [0.1, 0.15) is 18.7 Å². The number of likely N-dealkylation sites (N-methyl/N-ethyl adjacent to an activating group) is 1. The van der Waals surface area contributed by atoms with Gasteiger partial charge in [0.05, 0.1) is 19.1 Å². The van der Waals surface area contributed by atoms with Crippen LogP contribution < -0.4 is 10.3 Å². The molecule has 1 N–H and O–H groups in total. The average molecular weight is 412 g/mol. The summed E-state index contributed by atoms with van der Waals surface area (Å²) in [5.41, 5.74) is 2.19.